The molecule has 0 nitrogen and oxygen atoms in total. The van der Waals surface area contributed by atoms with E-state index in [4.69, 9.17) is 0 Å². The van der Waals surface area contributed by atoms with Crippen molar-refractivity contribution in [2.45, 2.75) is 38.5 Å². The number of hydrogen-bond acceptors (Lipinski definition) is 0. The van der Waals surface area contributed by atoms with Gasteiger partial charge in [-0.25, -0.2) is 0 Å². The molecule has 2 aromatic carbocycles. The van der Waals surface area contributed by atoms with Gasteiger partial charge in [-0.1, -0.05) is 0 Å². The molecule has 0 aliphatic carbocycles. The van der Waals surface area contributed by atoms with E-state index in [1.54, 1.807) is 0 Å². The van der Waals surface area contributed by atoms with Crippen LogP contribution in [0.5, 0.6) is 0 Å². The van der Waals surface area contributed by atoms with Gasteiger partial charge < -0.3 is 0 Å². The van der Waals surface area contributed by atoms with Crippen LogP contribution >= 0.6 is 0 Å². The second-order valence-corrected chi connectivity index (χ2v) is 9.71. The molecule has 0 aromatic heterocycles. The van der Waals surface area contributed by atoms with E-state index in [9.17, 15) is 0 Å². The van der Waals surface area contributed by atoms with Gasteiger partial charge in [0.2, 0.25) is 0 Å². The van der Waals surface area contributed by atoms with E-state index in [-0.39, 0.29) is 0 Å². The quantitative estimate of drug-likeness (QED) is 0.353. The summed E-state index contributed by atoms with van der Waals surface area (Å²) in [5, 5.41) is 0. The molecule has 0 spiro atoms. The Morgan fingerprint density at radius 3 is 1.38 bits per heavy atom. The summed E-state index contributed by atoms with van der Waals surface area (Å²) < 4.78 is 2.93. The van der Waals surface area contributed by atoms with Crippen molar-refractivity contribution in [3.05, 3.63) is 82.8 Å². The molecular formula is C22H26Se2. The first-order valence-corrected chi connectivity index (χ1v) is 12.4. The van der Waals surface area contributed by atoms with Crippen LogP contribution in [0, 0.1) is 0 Å². The normalized spacial score (nSPS) is 11.5. The Morgan fingerprint density at radius 2 is 0.958 bits per heavy atom. The molecule has 2 heteroatoms. The van der Waals surface area contributed by atoms with Crippen LogP contribution in [0.1, 0.15) is 38.5 Å². The summed E-state index contributed by atoms with van der Waals surface area (Å²) in [6.07, 6.45) is 12.6. The summed E-state index contributed by atoms with van der Waals surface area (Å²) in [6, 6.07) is 21.5. The SMILES string of the molecule is C(=C\[Se]c1ccccc1)/CCCCCC/C=C/[Se]c1ccccc1. The minimum atomic E-state index is 0.507. The van der Waals surface area contributed by atoms with Crippen molar-refractivity contribution in [1.82, 2.24) is 0 Å². The Morgan fingerprint density at radius 1 is 0.542 bits per heavy atom. The number of hydrogen-bond donors (Lipinski definition) is 0. The second-order valence-electron chi connectivity index (χ2n) is 5.60. The molecule has 0 aliphatic rings. The molecule has 0 atom stereocenters. The van der Waals surface area contributed by atoms with E-state index in [1.807, 2.05) is 0 Å². The van der Waals surface area contributed by atoms with Gasteiger partial charge in [-0.05, 0) is 0 Å². The van der Waals surface area contributed by atoms with Crippen molar-refractivity contribution >= 4 is 38.8 Å². The van der Waals surface area contributed by atoms with Gasteiger partial charge in [0.15, 0.2) is 0 Å². The molecule has 0 saturated heterocycles. The van der Waals surface area contributed by atoms with Gasteiger partial charge in [0.25, 0.3) is 0 Å². The molecule has 0 aliphatic heterocycles. The molecule has 0 bridgehead atoms. The predicted octanol–water partition coefficient (Wildman–Crippen LogP) is 4.41. The fourth-order valence-electron chi connectivity index (χ4n) is 2.27. The Labute approximate surface area is 159 Å². The van der Waals surface area contributed by atoms with Crippen molar-refractivity contribution in [2.24, 2.45) is 0 Å². The number of rotatable bonds is 11. The first-order valence-electron chi connectivity index (χ1n) is 8.68. The van der Waals surface area contributed by atoms with Gasteiger partial charge in [-0.2, -0.15) is 0 Å². The first kappa shape index (κ1) is 19.3. The summed E-state index contributed by atoms with van der Waals surface area (Å²) in [6.45, 7) is 0. The van der Waals surface area contributed by atoms with Crippen LogP contribution in [0.2, 0.25) is 0 Å². The summed E-state index contributed by atoms with van der Waals surface area (Å²) >= 11 is 1.01. The van der Waals surface area contributed by atoms with Crippen LogP contribution in [-0.2, 0) is 0 Å². The molecule has 0 fully saturated rings. The van der Waals surface area contributed by atoms with E-state index in [1.165, 1.54) is 47.4 Å². The third-order valence-electron chi connectivity index (χ3n) is 3.58. The van der Waals surface area contributed by atoms with Gasteiger partial charge >= 0.3 is 160 Å². The minimum absolute atomic E-state index is 0.507. The zero-order valence-corrected chi connectivity index (χ0v) is 17.6. The van der Waals surface area contributed by atoms with Crippen molar-refractivity contribution in [3.63, 3.8) is 0 Å². The van der Waals surface area contributed by atoms with Gasteiger partial charge in [0, 0.05) is 0 Å². The molecule has 0 heterocycles. The van der Waals surface area contributed by atoms with Crippen molar-refractivity contribution in [3.8, 4) is 0 Å². The molecule has 0 amide bonds. The van der Waals surface area contributed by atoms with Gasteiger partial charge in [0.05, 0.1) is 0 Å². The summed E-state index contributed by atoms with van der Waals surface area (Å²) in [4.78, 5) is 4.74. The van der Waals surface area contributed by atoms with Gasteiger partial charge in [-0.3, -0.25) is 0 Å². The van der Waals surface area contributed by atoms with E-state index in [0.717, 1.165) is 0 Å². The Hall–Kier alpha value is -1.04. The molecule has 0 radical (unpaired) electrons. The molecule has 0 unspecified atom stereocenters. The Bertz CT molecular complexity index is 532. The molecular weight excluding hydrogens is 422 g/mol. The summed E-state index contributed by atoms with van der Waals surface area (Å²) in [5.74, 6) is 0. The summed E-state index contributed by atoms with van der Waals surface area (Å²) in [7, 11) is 0. The second kappa shape index (κ2) is 13.3. The van der Waals surface area contributed by atoms with Crippen molar-refractivity contribution in [2.75, 3.05) is 0 Å². The molecule has 126 valence electrons. The third kappa shape index (κ3) is 9.30. The fourth-order valence-corrected chi connectivity index (χ4v) is 5.22. The van der Waals surface area contributed by atoms with Gasteiger partial charge in [0.1, 0.15) is 0 Å². The molecule has 2 rings (SSSR count). The van der Waals surface area contributed by atoms with Crippen LogP contribution in [0.4, 0.5) is 0 Å². The van der Waals surface area contributed by atoms with Crippen LogP contribution < -0.4 is 8.92 Å². The van der Waals surface area contributed by atoms with Crippen molar-refractivity contribution < 1.29 is 0 Å². The summed E-state index contributed by atoms with van der Waals surface area (Å²) in [5.41, 5.74) is 0. The molecule has 2 aromatic rings. The number of benzene rings is 2. The molecule has 0 N–H and O–H groups in total. The van der Waals surface area contributed by atoms with E-state index in [0.29, 0.717) is 29.9 Å². The monoisotopic (exact) mass is 450 g/mol. The van der Waals surface area contributed by atoms with Crippen LogP contribution in [-0.4, -0.2) is 29.9 Å². The van der Waals surface area contributed by atoms with Crippen LogP contribution in [0.3, 0.4) is 0 Å². The fraction of sp³-hybridized carbons (Fsp3) is 0.273. The van der Waals surface area contributed by atoms with Crippen LogP contribution in [0.25, 0.3) is 0 Å². The number of unbranched alkanes of at least 4 members (excludes halogenated alkanes) is 5. The zero-order chi connectivity index (χ0) is 16.7. The average molecular weight is 448 g/mol. The third-order valence-corrected chi connectivity index (χ3v) is 7.24. The Kier molecular flexibility index (Phi) is 10.7. The first-order chi connectivity index (χ1) is 11.9. The zero-order valence-electron chi connectivity index (χ0n) is 14.1. The molecule has 0 saturated carbocycles. The predicted molar refractivity (Wildman–Crippen MR) is 110 cm³/mol. The van der Waals surface area contributed by atoms with E-state index >= 15 is 0 Å². The van der Waals surface area contributed by atoms with E-state index in [2.05, 4.69) is 82.8 Å². The maximum absolute atomic E-state index is 2.37. The molecule has 24 heavy (non-hydrogen) atoms. The van der Waals surface area contributed by atoms with E-state index < -0.39 is 0 Å². The van der Waals surface area contributed by atoms with Crippen LogP contribution in [0.15, 0.2) is 82.8 Å². The maximum atomic E-state index is 2.37. The number of allylic oxidation sites excluding steroid dienone is 2. The average Bonchev–Trinajstić information content (AvgIpc) is 2.64. The van der Waals surface area contributed by atoms with Gasteiger partial charge in [-0.15, -0.1) is 0 Å². The standard InChI is InChI=1S/C22H26Se2/c1(3-5-13-19-23-21-15-9-7-10-16-21)2-4-6-14-20-24-22-17-11-8-12-18-22/h7-20H,1-6H2/b19-13+,20-14+. The van der Waals surface area contributed by atoms with Crippen molar-refractivity contribution in [1.29, 1.82) is 0 Å². The Balaban J connectivity index is 1.41. The topological polar surface area (TPSA) is 0 Å².